The lowest BCUT2D eigenvalue weighted by molar-refractivity contribution is -0.127. The maximum atomic E-state index is 14.4. The Labute approximate surface area is 214 Å². The van der Waals surface area contributed by atoms with Gasteiger partial charge in [-0.25, -0.2) is 9.07 Å². The van der Waals surface area contributed by atoms with Crippen molar-refractivity contribution in [1.29, 1.82) is 0 Å². The van der Waals surface area contributed by atoms with Crippen LogP contribution in [0.15, 0.2) is 54.7 Å². The summed E-state index contributed by atoms with van der Waals surface area (Å²) in [7, 11) is 1.77. The maximum absolute atomic E-state index is 14.4. The number of anilines is 1. The topological polar surface area (TPSA) is 97.9 Å². The molecule has 0 spiro atoms. The van der Waals surface area contributed by atoms with Gasteiger partial charge in [0.25, 0.3) is 0 Å². The molecule has 0 radical (unpaired) electrons. The largest absolute Gasteiger partial charge is 0.351 e. The zero-order valence-corrected chi connectivity index (χ0v) is 21.0. The lowest BCUT2D eigenvalue weighted by Gasteiger charge is -2.33. The quantitative estimate of drug-likeness (QED) is 0.413. The summed E-state index contributed by atoms with van der Waals surface area (Å²) in [5.41, 5.74) is 2.82. The Morgan fingerprint density at radius 1 is 1.14 bits per heavy atom. The van der Waals surface area contributed by atoms with Crippen LogP contribution in [0.1, 0.15) is 49.4 Å². The van der Waals surface area contributed by atoms with Gasteiger partial charge >= 0.3 is 0 Å². The van der Waals surface area contributed by atoms with E-state index in [0.717, 1.165) is 32.1 Å². The lowest BCUT2D eigenvalue weighted by atomic mass is 9.94. The molecule has 10 heteroatoms. The minimum Gasteiger partial charge on any atom is -0.351 e. The van der Waals surface area contributed by atoms with Crippen molar-refractivity contribution in [3.05, 3.63) is 71.8 Å². The molecule has 5 rings (SSSR count). The Kier molecular flexibility index (Phi) is 6.98. The number of hydrogen-bond acceptors (Lipinski definition) is 5. The molecule has 1 atom stereocenters. The molecule has 1 fully saturated rings. The van der Waals surface area contributed by atoms with Crippen LogP contribution in [0.4, 0.5) is 10.1 Å². The molecule has 1 N–H and O–H groups in total. The summed E-state index contributed by atoms with van der Waals surface area (Å²) in [5.74, 6) is -1.24. The van der Waals surface area contributed by atoms with E-state index in [1.807, 2.05) is 24.3 Å². The highest BCUT2D eigenvalue weighted by Gasteiger charge is 2.36. The molecule has 2 heterocycles. The van der Waals surface area contributed by atoms with Gasteiger partial charge in [0.1, 0.15) is 23.9 Å². The number of carbonyl (C=O) groups is 2. The molecule has 4 aromatic rings. The summed E-state index contributed by atoms with van der Waals surface area (Å²) < 4.78 is 17.5. The minimum absolute atomic E-state index is 0.0319. The highest BCUT2D eigenvalue weighted by molar-refractivity contribution is 6.01. The molecule has 1 aliphatic carbocycles. The standard InChI is InChI=1S/C27H30FN7O2/c1-18-22(16-33(2)31-18)26(27(37)29-20-10-4-3-5-11-20)35(21-12-8-9-19(28)15-21)25(36)17-34-24-14-7-6-13-23(24)30-32-34/h6-9,12-16,20,26H,3-5,10-11,17H2,1-2H3,(H,29,37)/t26-/m0/s1. The van der Waals surface area contributed by atoms with E-state index in [2.05, 4.69) is 20.7 Å². The molecule has 2 aromatic carbocycles. The zero-order valence-electron chi connectivity index (χ0n) is 21.0. The molecule has 2 aromatic heterocycles. The maximum Gasteiger partial charge on any atom is 0.249 e. The van der Waals surface area contributed by atoms with Crippen molar-refractivity contribution in [1.82, 2.24) is 30.1 Å². The van der Waals surface area contributed by atoms with E-state index >= 15 is 0 Å². The molecule has 1 aliphatic rings. The van der Waals surface area contributed by atoms with Gasteiger partial charge in [-0.15, -0.1) is 5.10 Å². The predicted octanol–water partition coefficient (Wildman–Crippen LogP) is 3.84. The molecule has 37 heavy (non-hydrogen) atoms. The molecule has 192 valence electrons. The lowest BCUT2D eigenvalue weighted by Crippen LogP contribution is -2.48. The van der Waals surface area contributed by atoms with E-state index in [1.165, 1.54) is 27.8 Å². The van der Waals surface area contributed by atoms with Crippen LogP contribution in [0.2, 0.25) is 0 Å². The van der Waals surface area contributed by atoms with Crippen molar-refractivity contribution in [2.45, 2.75) is 57.7 Å². The first kappa shape index (κ1) is 24.6. The van der Waals surface area contributed by atoms with Crippen LogP contribution in [0, 0.1) is 12.7 Å². The third-order valence-corrected chi connectivity index (χ3v) is 6.86. The van der Waals surface area contributed by atoms with Crippen LogP contribution in [-0.2, 0) is 23.2 Å². The van der Waals surface area contributed by atoms with Gasteiger partial charge in [0.15, 0.2) is 0 Å². The first-order valence-electron chi connectivity index (χ1n) is 12.6. The SMILES string of the molecule is Cc1nn(C)cc1[C@@H](C(=O)NC1CCCCC1)N(C(=O)Cn1nnc2ccccc21)c1cccc(F)c1. The molecular weight excluding hydrogens is 473 g/mol. The Morgan fingerprint density at radius 3 is 2.65 bits per heavy atom. The number of aryl methyl sites for hydroxylation is 2. The molecule has 9 nitrogen and oxygen atoms in total. The number of rotatable bonds is 7. The Bertz CT molecular complexity index is 1420. The second-order valence-electron chi connectivity index (χ2n) is 9.57. The zero-order chi connectivity index (χ0) is 25.9. The summed E-state index contributed by atoms with van der Waals surface area (Å²) in [6, 6.07) is 12.1. The van der Waals surface area contributed by atoms with Crippen LogP contribution < -0.4 is 10.2 Å². The van der Waals surface area contributed by atoms with Gasteiger partial charge in [-0.2, -0.15) is 5.10 Å². The Hall–Kier alpha value is -4.08. The van der Waals surface area contributed by atoms with Crippen LogP contribution in [-0.4, -0.2) is 42.6 Å². The summed E-state index contributed by atoms with van der Waals surface area (Å²) in [5, 5.41) is 15.9. The Morgan fingerprint density at radius 2 is 1.92 bits per heavy atom. The monoisotopic (exact) mass is 503 g/mol. The van der Waals surface area contributed by atoms with Gasteiger partial charge in [0.2, 0.25) is 11.8 Å². The number of carbonyl (C=O) groups excluding carboxylic acids is 2. The van der Waals surface area contributed by atoms with Crippen molar-refractivity contribution >= 4 is 28.5 Å². The van der Waals surface area contributed by atoms with Crippen molar-refractivity contribution in [2.24, 2.45) is 7.05 Å². The molecule has 2 amide bonds. The molecule has 1 saturated carbocycles. The number of benzene rings is 2. The van der Waals surface area contributed by atoms with Crippen molar-refractivity contribution in [3.63, 3.8) is 0 Å². The molecule has 0 saturated heterocycles. The Balaban J connectivity index is 1.57. The van der Waals surface area contributed by atoms with Crippen LogP contribution in [0.5, 0.6) is 0 Å². The number of para-hydroxylation sites is 1. The van der Waals surface area contributed by atoms with E-state index in [9.17, 15) is 14.0 Å². The number of amides is 2. The van der Waals surface area contributed by atoms with E-state index in [0.29, 0.717) is 22.3 Å². The van der Waals surface area contributed by atoms with E-state index < -0.39 is 17.8 Å². The predicted molar refractivity (Wildman–Crippen MR) is 137 cm³/mol. The fourth-order valence-electron chi connectivity index (χ4n) is 5.11. The minimum atomic E-state index is -1.04. The van der Waals surface area contributed by atoms with Crippen molar-refractivity contribution < 1.29 is 14.0 Å². The summed E-state index contributed by atoms with van der Waals surface area (Å²) in [6.45, 7) is 1.62. The number of aromatic nitrogens is 5. The van der Waals surface area contributed by atoms with E-state index in [4.69, 9.17) is 0 Å². The number of fused-ring (bicyclic) bond motifs is 1. The second-order valence-corrected chi connectivity index (χ2v) is 9.57. The first-order valence-corrected chi connectivity index (χ1v) is 12.6. The normalized spacial score (nSPS) is 15.0. The van der Waals surface area contributed by atoms with Crippen molar-refractivity contribution in [3.8, 4) is 0 Å². The highest BCUT2D eigenvalue weighted by Crippen LogP contribution is 2.31. The van der Waals surface area contributed by atoms with Gasteiger partial charge in [0, 0.05) is 30.5 Å². The molecular formula is C27H30FN7O2. The average molecular weight is 504 g/mol. The average Bonchev–Trinajstić information content (AvgIpc) is 3.44. The van der Waals surface area contributed by atoms with Crippen LogP contribution in [0.3, 0.4) is 0 Å². The van der Waals surface area contributed by atoms with Gasteiger partial charge < -0.3 is 5.32 Å². The summed E-state index contributed by atoms with van der Waals surface area (Å²) in [4.78, 5) is 29.3. The van der Waals surface area contributed by atoms with Gasteiger partial charge in [-0.3, -0.25) is 19.2 Å². The fourth-order valence-corrected chi connectivity index (χ4v) is 5.11. The van der Waals surface area contributed by atoms with Gasteiger partial charge in [0.05, 0.1) is 11.2 Å². The molecule has 0 bridgehead atoms. The van der Waals surface area contributed by atoms with Crippen LogP contribution in [0.25, 0.3) is 11.0 Å². The number of halogens is 1. The number of nitrogens with one attached hydrogen (secondary N) is 1. The summed E-state index contributed by atoms with van der Waals surface area (Å²) >= 11 is 0. The molecule has 0 aliphatic heterocycles. The number of hydrogen-bond donors (Lipinski definition) is 1. The van der Waals surface area contributed by atoms with Crippen LogP contribution >= 0.6 is 0 Å². The van der Waals surface area contributed by atoms with Gasteiger partial charge in [-0.05, 0) is 50.1 Å². The third-order valence-electron chi connectivity index (χ3n) is 6.86. The van der Waals surface area contributed by atoms with E-state index in [1.54, 1.807) is 30.9 Å². The highest BCUT2D eigenvalue weighted by atomic mass is 19.1. The smallest absolute Gasteiger partial charge is 0.249 e. The number of nitrogens with zero attached hydrogens (tertiary/aromatic N) is 6. The van der Waals surface area contributed by atoms with Gasteiger partial charge in [-0.1, -0.05) is 42.7 Å². The molecule has 0 unspecified atom stereocenters. The fraction of sp³-hybridized carbons (Fsp3) is 0.370. The van der Waals surface area contributed by atoms with E-state index in [-0.39, 0.29) is 24.2 Å². The first-order chi connectivity index (χ1) is 17.9. The van der Waals surface area contributed by atoms with Crippen molar-refractivity contribution in [2.75, 3.05) is 4.90 Å². The summed E-state index contributed by atoms with van der Waals surface area (Å²) in [6.07, 6.45) is 6.77. The third kappa shape index (κ3) is 5.23. The second kappa shape index (κ2) is 10.5.